The number of carbonyl (C=O) groups is 1. The maximum atomic E-state index is 11.2. The minimum absolute atomic E-state index is 0.206. The molecule has 0 spiro atoms. The number of phenolic OH excluding ortho intramolecular Hbond substituents is 1. The summed E-state index contributed by atoms with van der Waals surface area (Å²) in [6, 6.07) is 5.25. The van der Waals surface area contributed by atoms with Gasteiger partial charge in [-0.1, -0.05) is 19.9 Å². The van der Waals surface area contributed by atoms with E-state index in [1.165, 1.54) is 0 Å². The van der Waals surface area contributed by atoms with Crippen molar-refractivity contribution < 1.29 is 15.0 Å². The zero-order chi connectivity index (χ0) is 11.9. The van der Waals surface area contributed by atoms with E-state index in [9.17, 15) is 15.0 Å². The molecule has 1 unspecified atom stereocenters. The number of carboxylic acid groups (broad SMARTS) is 1. The van der Waals surface area contributed by atoms with Crippen molar-refractivity contribution in [2.24, 2.45) is 5.92 Å². The van der Waals surface area contributed by atoms with Crippen LogP contribution in [0.4, 0.5) is 0 Å². The van der Waals surface area contributed by atoms with Gasteiger partial charge in [0.05, 0.1) is 5.92 Å². The Morgan fingerprint density at radius 1 is 1.44 bits per heavy atom. The Morgan fingerprint density at radius 3 is 2.75 bits per heavy atom. The lowest BCUT2D eigenvalue weighted by molar-refractivity contribution is -0.144. The van der Waals surface area contributed by atoms with Crippen LogP contribution >= 0.6 is 0 Å². The predicted molar refractivity (Wildman–Crippen MR) is 60.6 cm³/mol. The molecule has 0 bridgehead atoms. The monoisotopic (exact) mass is 220 g/mol. The fourth-order valence-electron chi connectivity index (χ4n) is 2.66. The highest BCUT2D eigenvalue weighted by Gasteiger charge is 2.40. The van der Waals surface area contributed by atoms with Crippen molar-refractivity contribution >= 4 is 5.97 Å². The lowest BCUT2D eigenvalue weighted by atomic mass is 9.65. The van der Waals surface area contributed by atoms with Crippen LogP contribution in [0.2, 0.25) is 0 Å². The second-order valence-corrected chi connectivity index (χ2v) is 4.99. The molecule has 3 heteroatoms. The number of hydrogen-bond donors (Lipinski definition) is 2. The van der Waals surface area contributed by atoms with Gasteiger partial charge in [0.15, 0.2) is 0 Å². The highest BCUT2D eigenvalue weighted by Crippen LogP contribution is 2.42. The standard InChI is InChI=1S/C13H16O3/c1-13(2)10(12(15)16)6-4-8-3-5-9(14)7-11(8)13/h3,5,7,10,14H,4,6H2,1-2H3,(H,15,16). The summed E-state index contributed by atoms with van der Waals surface area (Å²) < 4.78 is 0. The third-order valence-electron chi connectivity index (χ3n) is 3.66. The highest BCUT2D eigenvalue weighted by molar-refractivity contribution is 5.73. The first kappa shape index (κ1) is 11.0. The molecule has 86 valence electrons. The molecule has 3 nitrogen and oxygen atoms in total. The first-order chi connectivity index (χ1) is 7.43. The quantitative estimate of drug-likeness (QED) is 0.763. The number of fused-ring (bicyclic) bond motifs is 1. The van der Waals surface area contributed by atoms with Crippen LogP contribution in [0, 0.1) is 5.92 Å². The van der Waals surface area contributed by atoms with E-state index in [2.05, 4.69) is 0 Å². The van der Waals surface area contributed by atoms with Gasteiger partial charge in [-0.2, -0.15) is 0 Å². The summed E-state index contributed by atoms with van der Waals surface area (Å²) in [5.41, 5.74) is 1.70. The molecule has 0 heterocycles. The molecular formula is C13H16O3. The molecule has 0 amide bonds. The van der Waals surface area contributed by atoms with Gasteiger partial charge in [-0.3, -0.25) is 4.79 Å². The van der Waals surface area contributed by atoms with Crippen LogP contribution in [-0.2, 0) is 16.6 Å². The van der Waals surface area contributed by atoms with E-state index in [1.54, 1.807) is 12.1 Å². The minimum atomic E-state index is -0.751. The van der Waals surface area contributed by atoms with Crippen molar-refractivity contribution in [1.29, 1.82) is 0 Å². The smallest absolute Gasteiger partial charge is 0.307 e. The summed E-state index contributed by atoms with van der Waals surface area (Å²) in [7, 11) is 0. The van der Waals surface area contributed by atoms with Gasteiger partial charge in [0.1, 0.15) is 5.75 Å². The van der Waals surface area contributed by atoms with Crippen molar-refractivity contribution in [2.75, 3.05) is 0 Å². The van der Waals surface area contributed by atoms with Gasteiger partial charge >= 0.3 is 5.97 Å². The predicted octanol–water partition coefficient (Wildman–Crippen LogP) is 2.32. The number of phenols is 1. The molecule has 0 aliphatic heterocycles. The highest BCUT2D eigenvalue weighted by atomic mass is 16.4. The molecule has 0 fully saturated rings. The maximum Gasteiger partial charge on any atom is 0.307 e. The zero-order valence-electron chi connectivity index (χ0n) is 9.53. The van der Waals surface area contributed by atoms with Gasteiger partial charge in [0, 0.05) is 5.41 Å². The topological polar surface area (TPSA) is 57.5 Å². The van der Waals surface area contributed by atoms with Crippen molar-refractivity contribution in [3.05, 3.63) is 29.3 Å². The minimum Gasteiger partial charge on any atom is -0.508 e. The number of benzene rings is 1. The average Bonchev–Trinajstić information content (AvgIpc) is 2.18. The number of hydrogen-bond acceptors (Lipinski definition) is 2. The van der Waals surface area contributed by atoms with E-state index < -0.39 is 11.4 Å². The van der Waals surface area contributed by atoms with Gasteiger partial charge < -0.3 is 10.2 Å². The number of aliphatic carboxylic acids is 1. The van der Waals surface area contributed by atoms with Crippen LogP contribution in [0.15, 0.2) is 18.2 Å². The van der Waals surface area contributed by atoms with Crippen LogP contribution in [0.25, 0.3) is 0 Å². The Labute approximate surface area is 94.7 Å². The van der Waals surface area contributed by atoms with Crippen molar-refractivity contribution in [2.45, 2.75) is 32.1 Å². The largest absolute Gasteiger partial charge is 0.508 e. The third-order valence-corrected chi connectivity index (χ3v) is 3.66. The van der Waals surface area contributed by atoms with Gasteiger partial charge in [-0.25, -0.2) is 0 Å². The third kappa shape index (κ3) is 1.56. The SMILES string of the molecule is CC1(C)c2cc(O)ccc2CCC1C(=O)O. The van der Waals surface area contributed by atoms with E-state index in [4.69, 9.17) is 0 Å². The summed E-state index contributed by atoms with van der Waals surface area (Å²) in [6.45, 7) is 3.87. The molecule has 0 aromatic heterocycles. The van der Waals surface area contributed by atoms with Crippen molar-refractivity contribution in [1.82, 2.24) is 0 Å². The Bertz CT molecular complexity index is 435. The van der Waals surface area contributed by atoms with Crippen LogP contribution in [0.1, 0.15) is 31.4 Å². The van der Waals surface area contributed by atoms with E-state index in [0.717, 1.165) is 17.5 Å². The van der Waals surface area contributed by atoms with E-state index >= 15 is 0 Å². The second kappa shape index (κ2) is 3.51. The van der Waals surface area contributed by atoms with Crippen LogP contribution in [0.5, 0.6) is 5.75 Å². The molecule has 0 saturated heterocycles. The summed E-state index contributed by atoms with van der Waals surface area (Å²) in [6.07, 6.45) is 1.44. The van der Waals surface area contributed by atoms with E-state index in [-0.39, 0.29) is 11.7 Å². The van der Waals surface area contributed by atoms with Gasteiger partial charge in [-0.05, 0) is 36.1 Å². The van der Waals surface area contributed by atoms with E-state index in [1.807, 2.05) is 19.9 Å². The number of aryl methyl sites for hydroxylation is 1. The molecule has 1 aromatic rings. The first-order valence-electron chi connectivity index (χ1n) is 5.48. The summed E-state index contributed by atoms with van der Waals surface area (Å²) in [5.74, 6) is -0.918. The maximum absolute atomic E-state index is 11.2. The summed E-state index contributed by atoms with van der Waals surface area (Å²) in [4.78, 5) is 11.2. The summed E-state index contributed by atoms with van der Waals surface area (Å²) >= 11 is 0. The van der Waals surface area contributed by atoms with Gasteiger partial charge in [-0.15, -0.1) is 0 Å². The Hall–Kier alpha value is -1.51. The fourth-order valence-corrected chi connectivity index (χ4v) is 2.66. The molecule has 1 aromatic carbocycles. The zero-order valence-corrected chi connectivity index (χ0v) is 9.53. The normalized spacial score (nSPS) is 22.5. The van der Waals surface area contributed by atoms with Crippen LogP contribution in [0.3, 0.4) is 0 Å². The molecule has 16 heavy (non-hydrogen) atoms. The van der Waals surface area contributed by atoms with E-state index in [0.29, 0.717) is 6.42 Å². The molecule has 0 radical (unpaired) electrons. The fraction of sp³-hybridized carbons (Fsp3) is 0.462. The lowest BCUT2D eigenvalue weighted by Gasteiger charge is -2.38. The number of rotatable bonds is 1. The summed E-state index contributed by atoms with van der Waals surface area (Å²) in [5, 5.41) is 18.7. The van der Waals surface area contributed by atoms with Crippen molar-refractivity contribution in [3.8, 4) is 5.75 Å². The Morgan fingerprint density at radius 2 is 2.12 bits per heavy atom. The Balaban J connectivity index is 2.53. The van der Waals surface area contributed by atoms with Crippen molar-refractivity contribution in [3.63, 3.8) is 0 Å². The van der Waals surface area contributed by atoms with Gasteiger partial charge in [0.25, 0.3) is 0 Å². The van der Waals surface area contributed by atoms with Gasteiger partial charge in [0.2, 0.25) is 0 Å². The molecule has 1 aliphatic carbocycles. The second-order valence-electron chi connectivity index (χ2n) is 4.99. The number of aromatic hydroxyl groups is 1. The molecular weight excluding hydrogens is 204 g/mol. The molecule has 1 aliphatic rings. The Kier molecular flexibility index (Phi) is 2.41. The number of carboxylic acids is 1. The molecule has 2 N–H and O–H groups in total. The van der Waals surface area contributed by atoms with Crippen LogP contribution in [-0.4, -0.2) is 16.2 Å². The van der Waals surface area contributed by atoms with Crippen LogP contribution < -0.4 is 0 Å². The molecule has 1 atom stereocenters. The average molecular weight is 220 g/mol. The first-order valence-corrected chi connectivity index (χ1v) is 5.48. The molecule has 0 saturated carbocycles. The lowest BCUT2D eigenvalue weighted by Crippen LogP contribution is -2.38. The molecule has 2 rings (SSSR count).